The summed E-state index contributed by atoms with van der Waals surface area (Å²) in [5.41, 5.74) is 0. The number of ether oxygens (including phenoxy) is 1. The van der Waals surface area contributed by atoms with Gasteiger partial charge in [-0.15, -0.1) is 0 Å². The Morgan fingerprint density at radius 3 is 2.96 bits per heavy atom. The molecule has 0 bridgehead atoms. The molecule has 1 amide bonds. The Labute approximate surface area is 147 Å². The molecule has 3 rings (SSSR count). The lowest BCUT2D eigenvalue weighted by atomic mass is 10.2. The van der Waals surface area contributed by atoms with Crippen molar-refractivity contribution in [2.45, 2.75) is 45.5 Å². The molecular weight excluding hydrogens is 322 g/mol. The molecule has 9 nitrogen and oxygen atoms in total. The van der Waals surface area contributed by atoms with E-state index in [0.717, 1.165) is 12.4 Å². The van der Waals surface area contributed by atoms with Gasteiger partial charge < -0.3 is 10.1 Å². The van der Waals surface area contributed by atoms with Crippen molar-refractivity contribution in [1.82, 2.24) is 29.4 Å². The van der Waals surface area contributed by atoms with Gasteiger partial charge in [-0.25, -0.2) is 9.67 Å². The second-order valence-electron chi connectivity index (χ2n) is 6.53. The third-order valence-corrected chi connectivity index (χ3v) is 4.37. The van der Waals surface area contributed by atoms with Crippen LogP contribution < -0.4 is 5.32 Å². The zero-order valence-corrected chi connectivity index (χ0v) is 14.9. The highest BCUT2D eigenvalue weighted by atomic mass is 16.5. The first-order valence-corrected chi connectivity index (χ1v) is 8.57. The van der Waals surface area contributed by atoms with Crippen LogP contribution in [0.3, 0.4) is 0 Å². The lowest BCUT2D eigenvalue weighted by molar-refractivity contribution is -0.124. The maximum absolute atomic E-state index is 12.6. The SMILES string of the molecule is CC(C)n1nccc1NC(=O)[C@@H](C)N1CCO[C@H](Cn2cncn2)C1. The van der Waals surface area contributed by atoms with Crippen molar-refractivity contribution in [3.8, 4) is 0 Å². The van der Waals surface area contributed by atoms with Crippen molar-refractivity contribution in [3.63, 3.8) is 0 Å². The Hall–Kier alpha value is -2.26. The molecule has 2 atom stereocenters. The first kappa shape index (κ1) is 17.6. The summed E-state index contributed by atoms with van der Waals surface area (Å²) in [5.74, 6) is 0.683. The van der Waals surface area contributed by atoms with Crippen molar-refractivity contribution in [3.05, 3.63) is 24.9 Å². The van der Waals surface area contributed by atoms with E-state index in [-0.39, 0.29) is 24.1 Å². The van der Waals surface area contributed by atoms with Gasteiger partial charge in [0.1, 0.15) is 18.5 Å². The summed E-state index contributed by atoms with van der Waals surface area (Å²) in [4.78, 5) is 18.7. The molecule has 3 heterocycles. The molecule has 1 N–H and O–H groups in total. The van der Waals surface area contributed by atoms with Gasteiger partial charge in [-0.2, -0.15) is 10.2 Å². The lowest BCUT2D eigenvalue weighted by Crippen LogP contribution is -2.51. The van der Waals surface area contributed by atoms with E-state index in [4.69, 9.17) is 4.74 Å². The van der Waals surface area contributed by atoms with Gasteiger partial charge >= 0.3 is 0 Å². The number of morpholine rings is 1. The maximum atomic E-state index is 12.6. The van der Waals surface area contributed by atoms with E-state index in [1.54, 1.807) is 21.9 Å². The first-order valence-electron chi connectivity index (χ1n) is 8.57. The number of amides is 1. The normalized spacial score (nSPS) is 19.9. The molecule has 1 aliphatic heterocycles. The van der Waals surface area contributed by atoms with Crippen LogP contribution in [0.15, 0.2) is 24.9 Å². The van der Waals surface area contributed by atoms with E-state index < -0.39 is 0 Å². The van der Waals surface area contributed by atoms with Crippen LogP contribution >= 0.6 is 0 Å². The van der Waals surface area contributed by atoms with Crippen LogP contribution in [0.5, 0.6) is 0 Å². The monoisotopic (exact) mass is 347 g/mol. The summed E-state index contributed by atoms with van der Waals surface area (Å²) >= 11 is 0. The molecule has 0 spiro atoms. The second-order valence-corrected chi connectivity index (χ2v) is 6.53. The Morgan fingerprint density at radius 1 is 1.40 bits per heavy atom. The fourth-order valence-electron chi connectivity index (χ4n) is 2.96. The number of nitrogens with one attached hydrogen (secondary N) is 1. The van der Waals surface area contributed by atoms with Crippen LogP contribution in [0, 0.1) is 0 Å². The highest BCUT2D eigenvalue weighted by Gasteiger charge is 2.28. The van der Waals surface area contributed by atoms with Crippen molar-refractivity contribution >= 4 is 11.7 Å². The molecule has 1 fully saturated rings. The largest absolute Gasteiger partial charge is 0.374 e. The van der Waals surface area contributed by atoms with Gasteiger partial charge in [0.15, 0.2) is 0 Å². The summed E-state index contributed by atoms with van der Waals surface area (Å²) in [6.07, 6.45) is 4.87. The molecule has 0 unspecified atom stereocenters. The van der Waals surface area contributed by atoms with Crippen LogP contribution in [0.1, 0.15) is 26.8 Å². The van der Waals surface area contributed by atoms with Crippen LogP contribution in [0.2, 0.25) is 0 Å². The minimum Gasteiger partial charge on any atom is -0.374 e. The molecular formula is C16H25N7O2. The van der Waals surface area contributed by atoms with Crippen molar-refractivity contribution in [1.29, 1.82) is 0 Å². The first-order chi connectivity index (χ1) is 12.0. The van der Waals surface area contributed by atoms with Crippen LogP contribution in [-0.4, -0.2) is 67.2 Å². The van der Waals surface area contributed by atoms with E-state index >= 15 is 0 Å². The zero-order chi connectivity index (χ0) is 17.8. The summed E-state index contributed by atoms with van der Waals surface area (Å²) in [5, 5.41) is 11.3. The standard InChI is InChI=1S/C16H25N7O2/c1-12(2)23-15(4-5-18-23)20-16(24)13(3)21-6-7-25-14(8-21)9-22-11-17-10-19-22/h4-5,10-14H,6-9H2,1-3H3,(H,20,24)/t13-,14+/m1/s1. The number of aromatic nitrogens is 5. The minimum absolute atomic E-state index is 0.00751. The molecule has 0 radical (unpaired) electrons. The highest BCUT2D eigenvalue weighted by molar-refractivity contribution is 5.93. The topological polar surface area (TPSA) is 90.1 Å². The summed E-state index contributed by atoms with van der Waals surface area (Å²) in [6.45, 7) is 8.62. The Kier molecular flexibility index (Phi) is 5.44. The van der Waals surface area contributed by atoms with E-state index in [0.29, 0.717) is 19.7 Å². The number of rotatable bonds is 6. The minimum atomic E-state index is -0.252. The van der Waals surface area contributed by atoms with Gasteiger partial charge in [0.2, 0.25) is 5.91 Å². The number of hydrogen-bond acceptors (Lipinski definition) is 6. The molecule has 0 saturated carbocycles. The molecule has 0 aromatic carbocycles. The van der Waals surface area contributed by atoms with Gasteiger partial charge in [-0.05, 0) is 20.8 Å². The van der Waals surface area contributed by atoms with Crippen LogP contribution in [0.4, 0.5) is 5.82 Å². The van der Waals surface area contributed by atoms with Gasteiger partial charge in [0, 0.05) is 25.2 Å². The molecule has 1 saturated heterocycles. The molecule has 9 heteroatoms. The fourth-order valence-corrected chi connectivity index (χ4v) is 2.96. The third kappa shape index (κ3) is 4.23. The molecule has 2 aromatic rings. The van der Waals surface area contributed by atoms with Crippen LogP contribution in [0.25, 0.3) is 0 Å². The molecule has 1 aliphatic rings. The summed E-state index contributed by atoms with van der Waals surface area (Å²) in [6, 6.07) is 1.76. The predicted octanol–water partition coefficient (Wildman–Crippen LogP) is 0.783. The van der Waals surface area contributed by atoms with Gasteiger partial charge in [0.25, 0.3) is 0 Å². The van der Waals surface area contributed by atoms with E-state index in [9.17, 15) is 4.79 Å². The van der Waals surface area contributed by atoms with E-state index in [2.05, 4.69) is 25.4 Å². The van der Waals surface area contributed by atoms with Gasteiger partial charge in [0.05, 0.1) is 31.5 Å². The predicted molar refractivity (Wildman–Crippen MR) is 92.0 cm³/mol. The van der Waals surface area contributed by atoms with E-state index in [1.165, 1.54) is 6.33 Å². The zero-order valence-electron chi connectivity index (χ0n) is 14.9. The second kappa shape index (κ2) is 7.75. The molecule has 2 aromatic heterocycles. The molecule has 25 heavy (non-hydrogen) atoms. The quantitative estimate of drug-likeness (QED) is 0.831. The highest BCUT2D eigenvalue weighted by Crippen LogP contribution is 2.16. The van der Waals surface area contributed by atoms with Crippen molar-refractivity contribution in [2.75, 3.05) is 25.0 Å². The van der Waals surface area contributed by atoms with Crippen molar-refractivity contribution in [2.24, 2.45) is 0 Å². The molecule has 136 valence electrons. The number of hydrogen-bond donors (Lipinski definition) is 1. The number of nitrogens with zero attached hydrogens (tertiary/aromatic N) is 6. The van der Waals surface area contributed by atoms with Gasteiger partial charge in [-0.3, -0.25) is 14.4 Å². The number of carbonyl (C=O) groups is 1. The number of carbonyl (C=O) groups excluding carboxylic acids is 1. The number of anilines is 1. The van der Waals surface area contributed by atoms with E-state index in [1.807, 2.05) is 26.8 Å². The van der Waals surface area contributed by atoms with Crippen molar-refractivity contribution < 1.29 is 9.53 Å². The Morgan fingerprint density at radius 2 is 2.24 bits per heavy atom. The lowest BCUT2D eigenvalue weighted by Gasteiger charge is -2.36. The third-order valence-electron chi connectivity index (χ3n) is 4.37. The Balaban J connectivity index is 1.58. The average Bonchev–Trinajstić information content (AvgIpc) is 3.26. The fraction of sp³-hybridized carbons (Fsp3) is 0.625. The average molecular weight is 347 g/mol. The maximum Gasteiger partial charge on any atom is 0.242 e. The summed E-state index contributed by atoms with van der Waals surface area (Å²) < 4.78 is 9.34. The smallest absolute Gasteiger partial charge is 0.242 e. The molecule has 0 aliphatic carbocycles. The van der Waals surface area contributed by atoms with Gasteiger partial charge in [-0.1, -0.05) is 0 Å². The van der Waals surface area contributed by atoms with Crippen LogP contribution in [-0.2, 0) is 16.1 Å². The Bertz CT molecular complexity index is 682. The summed E-state index contributed by atoms with van der Waals surface area (Å²) in [7, 11) is 0.